The number of amides is 1. The molecule has 20 heavy (non-hydrogen) atoms. The van der Waals surface area contributed by atoms with Crippen LogP contribution >= 0.6 is 0 Å². The molecule has 0 radical (unpaired) electrons. The Morgan fingerprint density at radius 2 is 2.00 bits per heavy atom. The lowest BCUT2D eigenvalue weighted by Gasteiger charge is -2.17. The SMILES string of the molecule is C=CCOc1ccc(C(=O)NC(C(=O)O)C(C)O)cc1. The van der Waals surface area contributed by atoms with Gasteiger partial charge in [-0.15, -0.1) is 0 Å². The third-order valence-electron chi connectivity index (χ3n) is 2.52. The second-order valence-corrected chi connectivity index (χ2v) is 4.15. The van der Waals surface area contributed by atoms with E-state index in [1.54, 1.807) is 18.2 Å². The highest BCUT2D eigenvalue weighted by Crippen LogP contribution is 2.12. The third kappa shape index (κ3) is 4.40. The highest BCUT2D eigenvalue weighted by Gasteiger charge is 2.25. The van der Waals surface area contributed by atoms with Crippen molar-refractivity contribution in [3.05, 3.63) is 42.5 Å². The normalized spacial score (nSPS) is 13.1. The van der Waals surface area contributed by atoms with E-state index in [0.717, 1.165) is 0 Å². The van der Waals surface area contributed by atoms with Crippen LogP contribution in [0.3, 0.4) is 0 Å². The number of hydrogen-bond acceptors (Lipinski definition) is 4. The van der Waals surface area contributed by atoms with E-state index in [1.165, 1.54) is 19.1 Å². The van der Waals surface area contributed by atoms with Crippen LogP contribution in [0.4, 0.5) is 0 Å². The first-order chi connectivity index (χ1) is 9.45. The number of carbonyl (C=O) groups is 2. The molecule has 1 rings (SSSR count). The Morgan fingerprint density at radius 1 is 1.40 bits per heavy atom. The zero-order chi connectivity index (χ0) is 15.1. The maximum absolute atomic E-state index is 11.8. The quantitative estimate of drug-likeness (QED) is 0.642. The minimum Gasteiger partial charge on any atom is -0.490 e. The first kappa shape index (κ1) is 15.7. The first-order valence-corrected chi connectivity index (χ1v) is 6.01. The van der Waals surface area contributed by atoms with Crippen LogP contribution in [0, 0.1) is 0 Å². The molecule has 1 aromatic carbocycles. The lowest BCUT2D eigenvalue weighted by atomic mass is 10.1. The summed E-state index contributed by atoms with van der Waals surface area (Å²) >= 11 is 0. The number of aliphatic hydroxyl groups excluding tert-OH is 1. The fraction of sp³-hybridized carbons (Fsp3) is 0.286. The molecule has 0 saturated carbocycles. The van der Waals surface area contributed by atoms with Gasteiger partial charge in [-0.2, -0.15) is 0 Å². The van der Waals surface area contributed by atoms with Crippen molar-refractivity contribution in [1.82, 2.24) is 5.32 Å². The summed E-state index contributed by atoms with van der Waals surface area (Å²) in [7, 11) is 0. The van der Waals surface area contributed by atoms with E-state index < -0.39 is 24.0 Å². The number of rotatable bonds is 7. The number of aliphatic carboxylic acids is 1. The van der Waals surface area contributed by atoms with Gasteiger partial charge >= 0.3 is 5.97 Å². The zero-order valence-corrected chi connectivity index (χ0v) is 11.1. The Kier molecular flexibility index (Phi) is 5.74. The monoisotopic (exact) mass is 279 g/mol. The second-order valence-electron chi connectivity index (χ2n) is 4.15. The van der Waals surface area contributed by atoms with Gasteiger partial charge in [-0.1, -0.05) is 12.7 Å². The van der Waals surface area contributed by atoms with Crippen LogP contribution in [0.25, 0.3) is 0 Å². The van der Waals surface area contributed by atoms with Gasteiger partial charge in [0.05, 0.1) is 6.10 Å². The molecule has 1 amide bonds. The van der Waals surface area contributed by atoms with Gasteiger partial charge in [0.25, 0.3) is 5.91 Å². The summed E-state index contributed by atoms with van der Waals surface area (Å²) in [5, 5.41) is 20.4. The maximum atomic E-state index is 11.8. The summed E-state index contributed by atoms with van der Waals surface area (Å²) < 4.78 is 5.26. The van der Waals surface area contributed by atoms with Crippen LogP contribution in [0.5, 0.6) is 5.75 Å². The average molecular weight is 279 g/mol. The molecule has 1 aromatic rings. The molecule has 0 saturated heterocycles. The van der Waals surface area contributed by atoms with Gasteiger partial charge in [-0.3, -0.25) is 4.79 Å². The van der Waals surface area contributed by atoms with Gasteiger partial charge in [-0.05, 0) is 31.2 Å². The molecule has 6 nitrogen and oxygen atoms in total. The molecule has 0 aromatic heterocycles. The van der Waals surface area contributed by atoms with Gasteiger partial charge in [-0.25, -0.2) is 4.79 Å². The van der Waals surface area contributed by atoms with Crippen LogP contribution in [0.1, 0.15) is 17.3 Å². The second kappa shape index (κ2) is 7.30. The number of carboxylic acids is 1. The summed E-state index contributed by atoms with van der Waals surface area (Å²) in [6.07, 6.45) is 0.410. The topological polar surface area (TPSA) is 95.9 Å². The zero-order valence-electron chi connectivity index (χ0n) is 11.1. The van der Waals surface area contributed by atoms with Crippen molar-refractivity contribution in [1.29, 1.82) is 0 Å². The number of ether oxygens (including phenoxy) is 1. The molecule has 0 spiro atoms. The number of nitrogens with one attached hydrogen (secondary N) is 1. The minimum absolute atomic E-state index is 0.280. The van der Waals surface area contributed by atoms with Crippen LogP contribution in [0.2, 0.25) is 0 Å². The largest absolute Gasteiger partial charge is 0.490 e. The predicted molar refractivity (Wildman–Crippen MR) is 72.7 cm³/mol. The Balaban J connectivity index is 2.72. The first-order valence-electron chi connectivity index (χ1n) is 6.01. The van der Waals surface area contributed by atoms with Gasteiger partial charge < -0.3 is 20.3 Å². The van der Waals surface area contributed by atoms with Crippen molar-refractivity contribution in [2.24, 2.45) is 0 Å². The van der Waals surface area contributed by atoms with Crippen molar-refractivity contribution in [2.75, 3.05) is 6.61 Å². The molecule has 0 heterocycles. The number of aliphatic hydroxyl groups is 1. The molecule has 0 aliphatic carbocycles. The number of benzene rings is 1. The van der Waals surface area contributed by atoms with E-state index in [2.05, 4.69) is 11.9 Å². The van der Waals surface area contributed by atoms with Crippen molar-refractivity contribution in [3.63, 3.8) is 0 Å². The Hall–Kier alpha value is -2.34. The lowest BCUT2D eigenvalue weighted by Crippen LogP contribution is -2.47. The van der Waals surface area contributed by atoms with E-state index in [0.29, 0.717) is 12.4 Å². The standard InChI is InChI=1S/C14H17NO5/c1-3-8-20-11-6-4-10(5-7-11)13(17)15-12(9(2)16)14(18)19/h3-7,9,12,16H,1,8H2,2H3,(H,15,17)(H,18,19). The molecule has 0 bridgehead atoms. The van der Waals surface area contributed by atoms with Crippen molar-refractivity contribution < 1.29 is 24.5 Å². The Morgan fingerprint density at radius 3 is 2.45 bits per heavy atom. The van der Waals surface area contributed by atoms with Gasteiger partial charge in [0.1, 0.15) is 12.4 Å². The molecule has 6 heteroatoms. The van der Waals surface area contributed by atoms with E-state index >= 15 is 0 Å². The summed E-state index contributed by atoms with van der Waals surface area (Å²) in [5.41, 5.74) is 0.280. The van der Waals surface area contributed by atoms with Gasteiger partial charge in [0, 0.05) is 5.56 Å². The molecule has 0 aliphatic heterocycles. The minimum atomic E-state index is -1.35. The molecule has 3 N–H and O–H groups in total. The van der Waals surface area contributed by atoms with Crippen LogP contribution in [-0.2, 0) is 4.79 Å². The summed E-state index contributed by atoms with van der Waals surface area (Å²) in [6, 6.07) is 4.86. The number of carbonyl (C=O) groups excluding carboxylic acids is 1. The Bertz CT molecular complexity index is 481. The average Bonchev–Trinajstić information content (AvgIpc) is 2.42. The fourth-order valence-corrected chi connectivity index (χ4v) is 1.47. The van der Waals surface area contributed by atoms with Crippen LogP contribution < -0.4 is 10.1 Å². The van der Waals surface area contributed by atoms with Crippen molar-refractivity contribution in [3.8, 4) is 5.75 Å². The number of hydrogen-bond donors (Lipinski definition) is 3. The fourth-order valence-electron chi connectivity index (χ4n) is 1.47. The van der Waals surface area contributed by atoms with Crippen LogP contribution in [-0.4, -0.2) is 40.8 Å². The molecule has 2 unspecified atom stereocenters. The molecule has 108 valence electrons. The van der Waals surface area contributed by atoms with E-state index in [-0.39, 0.29) is 5.56 Å². The predicted octanol–water partition coefficient (Wildman–Crippen LogP) is 0.815. The van der Waals surface area contributed by atoms with Crippen LogP contribution in [0.15, 0.2) is 36.9 Å². The van der Waals surface area contributed by atoms with Crippen molar-refractivity contribution in [2.45, 2.75) is 19.1 Å². The smallest absolute Gasteiger partial charge is 0.328 e. The highest BCUT2D eigenvalue weighted by atomic mass is 16.5. The van der Waals surface area contributed by atoms with Crippen molar-refractivity contribution >= 4 is 11.9 Å². The molecular weight excluding hydrogens is 262 g/mol. The molecule has 2 atom stereocenters. The Labute approximate surface area is 116 Å². The number of carboxylic acid groups (broad SMARTS) is 1. The summed E-state index contributed by atoms with van der Waals surface area (Å²) in [6.45, 7) is 5.17. The van der Waals surface area contributed by atoms with E-state index in [4.69, 9.17) is 9.84 Å². The molecule has 0 aliphatic rings. The molecular formula is C14H17NO5. The van der Waals surface area contributed by atoms with Gasteiger partial charge in [0.2, 0.25) is 0 Å². The lowest BCUT2D eigenvalue weighted by molar-refractivity contribution is -0.141. The van der Waals surface area contributed by atoms with E-state index in [9.17, 15) is 14.7 Å². The van der Waals surface area contributed by atoms with E-state index in [1.807, 2.05) is 0 Å². The maximum Gasteiger partial charge on any atom is 0.328 e. The third-order valence-corrected chi connectivity index (χ3v) is 2.52. The summed E-state index contributed by atoms with van der Waals surface area (Å²) in [4.78, 5) is 22.7. The highest BCUT2D eigenvalue weighted by molar-refractivity contribution is 5.96. The molecule has 0 fully saturated rings. The van der Waals surface area contributed by atoms with Gasteiger partial charge in [0.15, 0.2) is 6.04 Å². The summed E-state index contributed by atoms with van der Waals surface area (Å²) in [5.74, 6) is -1.29.